The largest absolute Gasteiger partial charge is 0.370 e. The average molecular weight is 292 g/mol. The second-order valence-electron chi connectivity index (χ2n) is 4.48. The molecular weight excluding hydrogens is 272 g/mol. The van der Waals surface area contributed by atoms with E-state index in [1.807, 2.05) is 18.5 Å². The number of hydrogen-bond acceptors (Lipinski definition) is 6. The Kier molecular flexibility index (Phi) is 4.94. The van der Waals surface area contributed by atoms with Crippen LogP contribution in [0.15, 0.2) is 16.5 Å². The SMILES string of the molecule is CCCNc1ncnc(Sc2nnc(C)n2C)c1CC. The first-order chi connectivity index (χ1) is 9.67. The maximum absolute atomic E-state index is 4.39. The van der Waals surface area contributed by atoms with Crippen LogP contribution in [0.25, 0.3) is 0 Å². The van der Waals surface area contributed by atoms with Gasteiger partial charge in [-0.15, -0.1) is 10.2 Å². The van der Waals surface area contributed by atoms with Crippen LogP contribution >= 0.6 is 11.8 Å². The van der Waals surface area contributed by atoms with Crippen molar-refractivity contribution >= 4 is 17.6 Å². The van der Waals surface area contributed by atoms with E-state index in [1.165, 1.54) is 11.8 Å². The quantitative estimate of drug-likeness (QED) is 0.825. The molecule has 0 aliphatic heterocycles. The molecule has 0 aliphatic rings. The molecule has 0 unspecified atom stereocenters. The number of hydrogen-bond donors (Lipinski definition) is 1. The number of aromatic nitrogens is 5. The summed E-state index contributed by atoms with van der Waals surface area (Å²) < 4.78 is 1.96. The van der Waals surface area contributed by atoms with Crippen LogP contribution in [0.5, 0.6) is 0 Å². The normalized spacial score (nSPS) is 10.8. The highest BCUT2D eigenvalue weighted by Gasteiger charge is 2.14. The van der Waals surface area contributed by atoms with Crippen molar-refractivity contribution < 1.29 is 0 Å². The van der Waals surface area contributed by atoms with Gasteiger partial charge < -0.3 is 9.88 Å². The molecule has 2 aromatic rings. The average Bonchev–Trinajstić information content (AvgIpc) is 2.77. The molecule has 2 aromatic heterocycles. The molecular formula is C13H20N6S. The fraction of sp³-hybridized carbons (Fsp3) is 0.538. The predicted octanol–water partition coefficient (Wildman–Crippen LogP) is 2.45. The molecule has 0 spiro atoms. The Bertz CT molecular complexity index is 580. The van der Waals surface area contributed by atoms with Crippen LogP contribution in [0.1, 0.15) is 31.7 Å². The van der Waals surface area contributed by atoms with E-state index < -0.39 is 0 Å². The Balaban J connectivity index is 2.29. The van der Waals surface area contributed by atoms with Crippen LogP contribution < -0.4 is 5.32 Å². The maximum Gasteiger partial charge on any atom is 0.197 e. The third-order valence-corrected chi connectivity index (χ3v) is 4.13. The van der Waals surface area contributed by atoms with E-state index in [4.69, 9.17) is 0 Å². The van der Waals surface area contributed by atoms with Crippen molar-refractivity contribution in [1.29, 1.82) is 0 Å². The van der Waals surface area contributed by atoms with Gasteiger partial charge in [0, 0.05) is 19.2 Å². The third kappa shape index (κ3) is 3.09. The van der Waals surface area contributed by atoms with E-state index in [9.17, 15) is 0 Å². The van der Waals surface area contributed by atoms with Crippen LogP contribution in [0.2, 0.25) is 0 Å². The van der Waals surface area contributed by atoms with Gasteiger partial charge in [0.25, 0.3) is 0 Å². The number of nitrogens with zero attached hydrogens (tertiary/aromatic N) is 5. The first kappa shape index (κ1) is 14.8. The lowest BCUT2D eigenvalue weighted by Crippen LogP contribution is -2.07. The van der Waals surface area contributed by atoms with Crippen molar-refractivity contribution in [2.24, 2.45) is 7.05 Å². The molecule has 0 atom stereocenters. The lowest BCUT2D eigenvalue weighted by atomic mass is 10.2. The van der Waals surface area contributed by atoms with Gasteiger partial charge in [0.15, 0.2) is 5.16 Å². The second-order valence-corrected chi connectivity index (χ2v) is 5.43. The molecule has 2 rings (SSSR count). The molecule has 6 nitrogen and oxygen atoms in total. The molecule has 0 fully saturated rings. The van der Waals surface area contributed by atoms with Crippen molar-refractivity contribution in [2.75, 3.05) is 11.9 Å². The highest BCUT2D eigenvalue weighted by molar-refractivity contribution is 7.99. The summed E-state index contributed by atoms with van der Waals surface area (Å²) in [6, 6.07) is 0. The summed E-state index contributed by atoms with van der Waals surface area (Å²) in [5, 5.41) is 13.4. The van der Waals surface area contributed by atoms with Crippen LogP contribution in [-0.2, 0) is 13.5 Å². The summed E-state index contributed by atoms with van der Waals surface area (Å²) in [5.74, 6) is 1.81. The Hall–Kier alpha value is -1.63. The van der Waals surface area contributed by atoms with Gasteiger partial charge >= 0.3 is 0 Å². The Morgan fingerprint density at radius 3 is 2.65 bits per heavy atom. The zero-order chi connectivity index (χ0) is 14.5. The molecule has 0 saturated carbocycles. The van der Waals surface area contributed by atoms with Crippen LogP contribution in [0, 0.1) is 6.92 Å². The molecule has 0 aromatic carbocycles. The van der Waals surface area contributed by atoms with E-state index in [0.717, 1.165) is 46.8 Å². The Morgan fingerprint density at radius 2 is 2.05 bits per heavy atom. The van der Waals surface area contributed by atoms with Crippen molar-refractivity contribution in [3.63, 3.8) is 0 Å². The zero-order valence-corrected chi connectivity index (χ0v) is 13.2. The lowest BCUT2D eigenvalue weighted by molar-refractivity contribution is 0.763. The van der Waals surface area contributed by atoms with E-state index >= 15 is 0 Å². The monoisotopic (exact) mass is 292 g/mol. The number of nitrogens with one attached hydrogen (secondary N) is 1. The topological polar surface area (TPSA) is 68.5 Å². The lowest BCUT2D eigenvalue weighted by Gasteiger charge is -2.12. The van der Waals surface area contributed by atoms with Crippen molar-refractivity contribution in [1.82, 2.24) is 24.7 Å². The van der Waals surface area contributed by atoms with Gasteiger partial charge in [0.2, 0.25) is 0 Å². The molecule has 0 bridgehead atoms. The summed E-state index contributed by atoms with van der Waals surface area (Å²) in [5.41, 5.74) is 1.13. The van der Waals surface area contributed by atoms with Crippen LogP contribution in [0.3, 0.4) is 0 Å². The molecule has 7 heteroatoms. The standard InChI is InChI=1S/C13H20N6S/c1-5-7-14-11-10(6-2)12(16-8-15-11)20-13-18-17-9(3)19(13)4/h8H,5-7H2,1-4H3,(H,14,15,16). The number of rotatable bonds is 6. The Labute approximate surface area is 123 Å². The van der Waals surface area contributed by atoms with Gasteiger partial charge in [-0.25, -0.2) is 9.97 Å². The number of aryl methyl sites for hydroxylation is 1. The fourth-order valence-electron chi connectivity index (χ4n) is 1.76. The summed E-state index contributed by atoms with van der Waals surface area (Å²) in [4.78, 5) is 8.73. The van der Waals surface area contributed by atoms with Gasteiger partial charge in [-0.05, 0) is 31.5 Å². The molecule has 0 saturated heterocycles. The molecule has 108 valence electrons. The molecule has 0 radical (unpaired) electrons. The minimum absolute atomic E-state index is 0.845. The minimum Gasteiger partial charge on any atom is -0.370 e. The number of anilines is 1. The molecule has 20 heavy (non-hydrogen) atoms. The van der Waals surface area contributed by atoms with Crippen LogP contribution in [0.4, 0.5) is 5.82 Å². The third-order valence-electron chi connectivity index (χ3n) is 3.04. The maximum atomic E-state index is 4.39. The molecule has 0 amide bonds. The molecule has 2 heterocycles. The first-order valence-electron chi connectivity index (χ1n) is 6.78. The highest BCUT2D eigenvalue weighted by Crippen LogP contribution is 2.30. The van der Waals surface area contributed by atoms with Crippen molar-refractivity contribution in [3.8, 4) is 0 Å². The summed E-state index contributed by atoms with van der Waals surface area (Å²) in [6.45, 7) is 7.10. The van der Waals surface area contributed by atoms with Gasteiger partial charge in [0.1, 0.15) is 23.0 Å². The van der Waals surface area contributed by atoms with Crippen LogP contribution in [-0.4, -0.2) is 31.3 Å². The van der Waals surface area contributed by atoms with Gasteiger partial charge in [-0.2, -0.15) is 0 Å². The highest BCUT2D eigenvalue weighted by atomic mass is 32.2. The van der Waals surface area contributed by atoms with E-state index in [-0.39, 0.29) is 0 Å². The zero-order valence-electron chi connectivity index (χ0n) is 12.3. The Morgan fingerprint density at radius 1 is 1.25 bits per heavy atom. The van der Waals surface area contributed by atoms with Gasteiger partial charge in [-0.1, -0.05) is 13.8 Å². The summed E-state index contributed by atoms with van der Waals surface area (Å²) >= 11 is 1.53. The first-order valence-corrected chi connectivity index (χ1v) is 7.60. The summed E-state index contributed by atoms with van der Waals surface area (Å²) in [7, 11) is 1.96. The minimum atomic E-state index is 0.845. The smallest absolute Gasteiger partial charge is 0.197 e. The molecule has 0 aliphatic carbocycles. The fourth-order valence-corrected chi connectivity index (χ4v) is 2.75. The van der Waals surface area contributed by atoms with Crippen molar-refractivity contribution in [3.05, 3.63) is 17.7 Å². The molecule has 1 N–H and O–H groups in total. The van der Waals surface area contributed by atoms with Gasteiger partial charge in [0.05, 0.1) is 0 Å². The predicted molar refractivity (Wildman–Crippen MR) is 80.1 cm³/mol. The van der Waals surface area contributed by atoms with E-state index in [2.05, 4.69) is 39.3 Å². The van der Waals surface area contributed by atoms with Crippen molar-refractivity contribution in [2.45, 2.75) is 43.8 Å². The van der Waals surface area contributed by atoms with Gasteiger partial charge in [-0.3, -0.25) is 0 Å². The van der Waals surface area contributed by atoms with E-state index in [1.54, 1.807) is 6.33 Å². The summed E-state index contributed by atoms with van der Waals surface area (Å²) in [6.07, 6.45) is 3.55. The van der Waals surface area contributed by atoms with E-state index in [0.29, 0.717) is 0 Å². The second kappa shape index (κ2) is 6.69.